The molecule has 0 atom stereocenters. The number of rotatable bonds is 6. The molecule has 0 amide bonds. The molecular formula is C13H18. The zero-order valence-electron chi connectivity index (χ0n) is 8.37. The molecule has 0 aromatic heterocycles. The van der Waals surface area contributed by atoms with Gasteiger partial charge >= 0.3 is 0 Å². The number of hydrogen-bond donors (Lipinski definition) is 0. The van der Waals surface area contributed by atoms with E-state index >= 15 is 0 Å². The summed E-state index contributed by atoms with van der Waals surface area (Å²) in [5.74, 6) is 0. The van der Waals surface area contributed by atoms with Crippen molar-refractivity contribution in [3.63, 3.8) is 0 Å². The molecule has 0 heteroatoms. The van der Waals surface area contributed by atoms with E-state index in [-0.39, 0.29) is 0 Å². The molecule has 0 bridgehead atoms. The third kappa shape index (κ3) is 10.7. The summed E-state index contributed by atoms with van der Waals surface area (Å²) in [6, 6.07) is 0. The van der Waals surface area contributed by atoms with E-state index in [4.69, 9.17) is 0 Å². The van der Waals surface area contributed by atoms with E-state index in [0.29, 0.717) is 0 Å². The summed E-state index contributed by atoms with van der Waals surface area (Å²) in [5, 5.41) is 0. The molecule has 0 radical (unpaired) electrons. The van der Waals surface area contributed by atoms with Crippen molar-refractivity contribution >= 4 is 0 Å². The average Bonchev–Trinajstić information content (AvgIpc) is 2.16. The second-order valence-electron chi connectivity index (χ2n) is 2.64. The first-order valence-corrected chi connectivity index (χ1v) is 4.70. The van der Waals surface area contributed by atoms with Gasteiger partial charge in [0.05, 0.1) is 0 Å². The minimum atomic E-state index is 0.927. The first-order chi connectivity index (χ1) is 6.41. The normalized spacial score (nSPS) is 10.2. The second kappa shape index (κ2) is 10.7. The monoisotopic (exact) mass is 174 g/mol. The highest BCUT2D eigenvalue weighted by Gasteiger charge is 1.71. The Labute approximate surface area is 81.7 Å². The summed E-state index contributed by atoms with van der Waals surface area (Å²) < 4.78 is 0. The van der Waals surface area contributed by atoms with E-state index in [0.717, 1.165) is 19.3 Å². The van der Waals surface area contributed by atoms with Gasteiger partial charge in [0.25, 0.3) is 0 Å². The van der Waals surface area contributed by atoms with Crippen LogP contribution in [0.25, 0.3) is 0 Å². The van der Waals surface area contributed by atoms with Crippen LogP contribution in [0.1, 0.15) is 26.2 Å². The third-order valence-electron chi connectivity index (χ3n) is 1.46. The minimum absolute atomic E-state index is 0.927. The highest BCUT2D eigenvalue weighted by atomic mass is 13.8. The Kier molecular flexibility index (Phi) is 9.70. The van der Waals surface area contributed by atoms with Crippen LogP contribution in [0.15, 0.2) is 54.8 Å². The molecule has 0 aliphatic heterocycles. The summed E-state index contributed by atoms with van der Waals surface area (Å²) in [4.78, 5) is 0. The number of hydrogen-bond acceptors (Lipinski definition) is 0. The van der Waals surface area contributed by atoms with Crippen LogP contribution in [-0.4, -0.2) is 0 Å². The molecule has 0 aromatic rings. The van der Waals surface area contributed by atoms with Gasteiger partial charge in [-0.3, -0.25) is 0 Å². The van der Waals surface area contributed by atoms with E-state index in [1.54, 1.807) is 0 Å². The van der Waals surface area contributed by atoms with Crippen LogP contribution < -0.4 is 0 Å². The summed E-state index contributed by atoms with van der Waals surface area (Å²) >= 11 is 0. The molecule has 70 valence electrons. The largest absolute Gasteiger partial charge is 0.125 e. The lowest BCUT2D eigenvalue weighted by atomic mass is 10.3. The highest BCUT2D eigenvalue weighted by Crippen LogP contribution is 1.91. The molecule has 0 aliphatic rings. The minimum Gasteiger partial charge on any atom is -0.125 e. The lowest BCUT2D eigenvalue weighted by molar-refractivity contribution is 1.05. The zero-order chi connectivity index (χ0) is 9.78. The van der Waals surface area contributed by atoms with Gasteiger partial charge in [0.2, 0.25) is 0 Å². The van der Waals surface area contributed by atoms with Crippen LogP contribution in [-0.2, 0) is 0 Å². The summed E-state index contributed by atoms with van der Waals surface area (Å²) in [6.45, 7) is 5.67. The van der Waals surface area contributed by atoms with E-state index in [1.165, 1.54) is 0 Å². The first kappa shape index (κ1) is 11.7. The van der Waals surface area contributed by atoms with Gasteiger partial charge in [0.1, 0.15) is 0 Å². The molecule has 0 fully saturated rings. The molecular weight excluding hydrogens is 156 g/mol. The Hall–Kier alpha value is -1.26. The van der Waals surface area contributed by atoms with Crippen molar-refractivity contribution in [3.8, 4) is 0 Å². The van der Waals surface area contributed by atoms with Gasteiger partial charge in [0.15, 0.2) is 0 Å². The van der Waals surface area contributed by atoms with Gasteiger partial charge in [0, 0.05) is 0 Å². The molecule has 13 heavy (non-hydrogen) atoms. The second-order valence-corrected chi connectivity index (χ2v) is 2.64. The van der Waals surface area contributed by atoms with Gasteiger partial charge in [-0.2, -0.15) is 0 Å². The first-order valence-electron chi connectivity index (χ1n) is 4.70. The quantitative estimate of drug-likeness (QED) is 0.245. The Morgan fingerprint density at radius 1 is 1.23 bits per heavy atom. The molecule has 0 saturated carbocycles. The van der Waals surface area contributed by atoms with Gasteiger partial charge in [-0.25, -0.2) is 0 Å². The van der Waals surface area contributed by atoms with Crippen molar-refractivity contribution in [3.05, 3.63) is 54.8 Å². The topological polar surface area (TPSA) is 0 Å². The molecule has 0 aliphatic carbocycles. The molecule has 0 nitrogen and oxygen atoms in total. The van der Waals surface area contributed by atoms with Gasteiger partial charge in [-0.15, -0.1) is 12.3 Å². The van der Waals surface area contributed by atoms with E-state index in [2.05, 4.69) is 36.6 Å². The third-order valence-corrected chi connectivity index (χ3v) is 1.46. The predicted molar refractivity (Wildman–Crippen MR) is 60.7 cm³/mol. The molecule has 0 rings (SSSR count). The molecule has 0 N–H and O–H groups in total. The predicted octanol–water partition coefficient (Wildman–Crippen LogP) is 4.19. The van der Waals surface area contributed by atoms with Crippen LogP contribution in [0.2, 0.25) is 0 Å². The molecule has 0 saturated heterocycles. The lowest BCUT2D eigenvalue weighted by Crippen LogP contribution is -1.60. The fourth-order valence-corrected chi connectivity index (χ4v) is 0.796. The summed E-state index contributed by atoms with van der Waals surface area (Å²) in [6.07, 6.45) is 17.2. The molecule has 0 aromatic carbocycles. The van der Waals surface area contributed by atoms with E-state index in [9.17, 15) is 0 Å². The smallest absolute Gasteiger partial charge is 0.0169 e. The van der Waals surface area contributed by atoms with E-state index < -0.39 is 0 Å². The standard InChI is InChI=1S/C13H18/c1-3-5-7-9-11-13-12-10-8-6-4-2/h3-4,6-7,9,11-12H,1,5,8,10H2,2H3. The SMILES string of the molecule is C=CCC=CC=C=CCCC=CC. The Morgan fingerprint density at radius 3 is 2.77 bits per heavy atom. The van der Waals surface area contributed by atoms with Crippen LogP contribution in [0, 0.1) is 0 Å². The lowest BCUT2D eigenvalue weighted by Gasteiger charge is -1.80. The van der Waals surface area contributed by atoms with Crippen molar-refractivity contribution in [1.82, 2.24) is 0 Å². The van der Waals surface area contributed by atoms with Crippen LogP contribution in [0.4, 0.5) is 0 Å². The summed E-state index contributed by atoms with van der Waals surface area (Å²) in [7, 11) is 0. The van der Waals surface area contributed by atoms with Crippen molar-refractivity contribution in [1.29, 1.82) is 0 Å². The zero-order valence-corrected chi connectivity index (χ0v) is 8.37. The van der Waals surface area contributed by atoms with Crippen molar-refractivity contribution < 1.29 is 0 Å². The average molecular weight is 174 g/mol. The number of unbranched alkanes of at least 4 members (excludes halogenated alkanes) is 1. The van der Waals surface area contributed by atoms with Crippen molar-refractivity contribution in [2.45, 2.75) is 26.2 Å². The van der Waals surface area contributed by atoms with Crippen LogP contribution in [0.3, 0.4) is 0 Å². The van der Waals surface area contributed by atoms with Crippen LogP contribution in [0.5, 0.6) is 0 Å². The van der Waals surface area contributed by atoms with E-state index in [1.807, 2.05) is 25.2 Å². The molecule has 0 spiro atoms. The maximum absolute atomic E-state index is 3.63. The van der Waals surface area contributed by atoms with Gasteiger partial charge in [-0.1, -0.05) is 30.4 Å². The van der Waals surface area contributed by atoms with Gasteiger partial charge < -0.3 is 0 Å². The maximum Gasteiger partial charge on any atom is -0.0169 e. The summed E-state index contributed by atoms with van der Waals surface area (Å²) in [5.41, 5.74) is 3.10. The fourth-order valence-electron chi connectivity index (χ4n) is 0.796. The maximum atomic E-state index is 3.63. The highest BCUT2D eigenvalue weighted by molar-refractivity contribution is 5.04. The molecule has 0 unspecified atom stereocenters. The number of allylic oxidation sites excluding steroid dienone is 6. The molecule has 0 heterocycles. The Bertz CT molecular complexity index is 222. The van der Waals surface area contributed by atoms with Crippen LogP contribution >= 0.6 is 0 Å². The van der Waals surface area contributed by atoms with Crippen molar-refractivity contribution in [2.75, 3.05) is 0 Å². The Morgan fingerprint density at radius 2 is 2.08 bits per heavy atom. The van der Waals surface area contributed by atoms with Crippen molar-refractivity contribution in [2.24, 2.45) is 0 Å². The van der Waals surface area contributed by atoms with Gasteiger partial charge in [-0.05, 0) is 38.3 Å². The fraction of sp³-hybridized carbons (Fsp3) is 0.308. The Balaban J connectivity index is 3.52.